The number of carbonyl (C=O) groups excluding carboxylic acids is 1. The van der Waals surface area contributed by atoms with E-state index in [4.69, 9.17) is 9.47 Å². The Balaban J connectivity index is 1.43. The summed E-state index contributed by atoms with van der Waals surface area (Å²) >= 11 is 1.39. The largest absolute Gasteiger partial charge is 0.493 e. The van der Waals surface area contributed by atoms with Gasteiger partial charge in [0.05, 0.1) is 19.9 Å². The van der Waals surface area contributed by atoms with Gasteiger partial charge in [-0.25, -0.2) is 9.37 Å². The first-order valence-corrected chi connectivity index (χ1v) is 11.3. The SMILES string of the molecule is COc1ccc(-c2nc(C)c(C(=O)N3CCN(Cc4ccccc4F)CC3)s2)cc1OC. The van der Waals surface area contributed by atoms with Crippen LogP contribution in [0.4, 0.5) is 4.39 Å². The highest BCUT2D eigenvalue weighted by Crippen LogP contribution is 2.35. The van der Waals surface area contributed by atoms with Crippen molar-refractivity contribution in [3.05, 3.63) is 64.4 Å². The Labute approximate surface area is 191 Å². The zero-order valence-corrected chi connectivity index (χ0v) is 19.2. The second-order valence-electron chi connectivity index (χ2n) is 7.66. The second-order valence-corrected chi connectivity index (χ2v) is 8.66. The van der Waals surface area contributed by atoms with Crippen LogP contribution in [0.25, 0.3) is 10.6 Å². The average Bonchev–Trinajstić information content (AvgIpc) is 3.21. The van der Waals surface area contributed by atoms with E-state index < -0.39 is 0 Å². The summed E-state index contributed by atoms with van der Waals surface area (Å²) in [5, 5.41) is 0.769. The van der Waals surface area contributed by atoms with Gasteiger partial charge in [-0.3, -0.25) is 9.69 Å². The van der Waals surface area contributed by atoms with Gasteiger partial charge in [-0.15, -0.1) is 11.3 Å². The molecule has 0 spiro atoms. The Morgan fingerprint density at radius 2 is 1.78 bits per heavy atom. The van der Waals surface area contributed by atoms with Gasteiger partial charge in [0.1, 0.15) is 15.7 Å². The molecule has 0 aliphatic carbocycles. The standard InChI is InChI=1S/C24H26FN3O3S/c1-16-22(32-23(26-16)17-8-9-20(30-2)21(14-17)31-3)24(29)28-12-10-27(11-13-28)15-18-6-4-5-7-19(18)25/h4-9,14H,10-13,15H2,1-3H3. The first kappa shape index (κ1) is 22.2. The molecule has 0 radical (unpaired) electrons. The molecule has 0 N–H and O–H groups in total. The van der Waals surface area contributed by atoms with Crippen molar-refractivity contribution < 1.29 is 18.7 Å². The van der Waals surface area contributed by atoms with Crippen molar-refractivity contribution in [2.24, 2.45) is 0 Å². The number of amides is 1. The highest BCUT2D eigenvalue weighted by Gasteiger charge is 2.26. The van der Waals surface area contributed by atoms with Gasteiger partial charge in [-0.1, -0.05) is 18.2 Å². The molecular formula is C24H26FN3O3S. The third kappa shape index (κ3) is 4.61. The van der Waals surface area contributed by atoms with E-state index in [1.165, 1.54) is 17.4 Å². The van der Waals surface area contributed by atoms with Crippen molar-refractivity contribution in [3.8, 4) is 22.1 Å². The molecule has 1 aliphatic heterocycles. The smallest absolute Gasteiger partial charge is 0.265 e. The van der Waals surface area contributed by atoms with Crippen LogP contribution < -0.4 is 9.47 Å². The Hall–Kier alpha value is -2.97. The van der Waals surface area contributed by atoms with Gasteiger partial charge in [0.15, 0.2) is 11.5 Å². The number of aromatic nitrogens is 1. The van der Waals surface area contributed by atoms with Crippen LogP contribution in [0.5, 0.6) is 11.5 Å². The van der Waals surface area contributed by atoms with Crippen LogP contribution in [-0.2, 0) is 6.54 Å². The number of halogens is 1. The van der Waals surface area contributed by atoms with Crippen LogP contribution in [-0.4, -0.2) is 61.1 Å². The van der Waals surface area contributed by atoms with Gasteiger partial charge >= 0.3 is 0 Å². The van der Waals surface area contributed by atoms with E-state index in [9.17, 15) is 9.18 Å². The minimum absolute atomic E-state index is 0.00253. The molecule has 6 nitrogen and oxygen atoms in total. The molecule has 32 heavy (non-hydrogen) atoms. The minimum atomic E-state index is -0.186. The summed E-state index contributed by atoms with van der Waals surface area (Å²) in [5.41, 5.74) is 2.29. The van der Waals surface area contributed by atoms with Crippen molar-refractivity contribution >= 4 is 17.2 Å². The maximum Gasteiger partial charge on any atom is 0.265 e. The first-order chi connectivity index (χ1) is 15.5. The van der Waals surface area contributed by atoms with E-state index in [0.29, 0.717) is 54.7 Å². The van der Waals surface area contributed by atoms with E-state index in [1.807, 2.05) is 42.2 Å². The van der Waals surface area contributed by atoms with Crippen LogP contribution in [0.1, 0.15) is 20.9 Å². The Kier molecular flexibility index (Phi) is 6.72. The number of benzene rings is 2. The van der Waals surface area contributed by atoms with Crippen LogP contribution in [0.2, 0.25) is 0 Å². The Morgan fingerprint density at radius 3 is 2.47 bits per heavy atom. The molecule has 0 unspecified atom stereocenters. The zero-order chi connectivity index (χ0) is 22.7. The minimum Gasteiger partial charge on any atom is -0.493 e. The topological polar surface area (TPSA) is 54.9 Å². The molecular weight excluding hydrogens is 429 g/mol. The fourth-order valence-electron chi connectivity index (χ4n) is 3.81. The number of thiazole rings is 1. The lowest BCUT2D eigenvalue weighted by Gasteiger charge is -2.34. The van der Waals surface area contributed by atoms with Crippen LogP contribution in [0, 0.1) is 12.7 Å². The summed E-state index contributed by atoms with van der Waals surface area (Å²) < 4.78 is 24.6. The molecule has 4 rings (SSSR count). The van der Waals surface area contributed by atoms with Crippen molar-refractivity contribution in [1.82, 2.24) is 14.8 Å². The number of hydrogen-bond donors (Lipinski definition) is 0. The molecule has 2 heterocycles. The van der Waals surface area contributed by atoms with E-state index >= 15 is 0 Å². The third-order valence-corrected chi connectivity index (χ3v) is 6.83. The van der Waals surface area contributed by atoms with Gasteiger partial charge in [0, 0.05) is 43.9 Å². The number of aryl methyl sites for hydroxylation is 1. The van der Waals surface area contributed by atoms with E-state index in [0.717, 1.165) is 16.3 Å². The summed E-state index contributed by atoms with van der Waals surface area (Å²) in [6, 6.07) is 12.5. The molecule has 3 aromatic rings. The average molecular weight is 456 g/mol. The third-order valence-electron chi connectivity index (χ3n) is 5.63. The number of nitrogens with zero attached hydrogens (tertiary/aromatic N) is 3. The van der Waals surface area contributed by atoms with Gasteiger partial charge in [0.25, 0.3) is 5.91 Å². The molecule has 8 heteroatoms. The molecule has 1 saturated heterocycles. The van der Waals surface area contributed by atoms with E-state index in [2.05, 4.69) is 9.88 Å². The summed E-state index contributed by atoms with van der Waals surface area (Å²) in [5.74, 6) is 1.08. The first-order valence-electron chi connectivity index (χ1n) is 10.4. The molecule has 1 fully saturated rings. The molecule has 168 valence electrons. The van der Waals surface area contributed by atoms with Gasteiger partial charge in [0.2, 0.25) is 0 Å². The number of ether oxygens (including phenoxy) is 2. The quantitative estimate of drug-likeness (QED) is 0.557. The molecule has 0 bridgehead atoms. The normalized spacial score (nSPS) is 14.4. The molecule has 1 aromatic heterocycles. The lowest BCUT2D eigenvalue weighted by molar-refractivity contribution is 0.0631. The molecule has 0 saturated carbocycles. The lowest BCUT2D eigenvalue weighted by Crippen LogP contribution is -2.48. The second kappa shape index (κ2) is 9.67. The number of rotatable bonds is 6. The number of hydrogen-bond acceptors (Lipinski definition) is 6. The zero-order valence-electron chi connectivity index (χ0n) is 18.4. The highest BCUT2D eigenvalue weighted by molar-refractivity contribution is 7.17. The summed E-state index contributed by atoms with van der Waals surface area (Å²) in [6.07, 6.45) is 0. The van der Waals surface area contributed by atoms with E-state index in [-0.39, 0.29) is 11.7 Å². The summed E-state index contributed by atoms with van der Waals surface area (Å²) in [4.78, 5) is 22.5. The number of carbonyl (C=O) groups is 1. The maximum atomic E-state index is 13.9. The molecule has 2 aromatic carbocycles. The fraction of sp³-hybridized carbons (Fsp3) is 0.333. The Morgan fingerprint density at radius 1 is 1.06 bits per heavy atom. The maximum absolute atomic E-state index is 13.9. The van der Waals surface area contributed by atoms with E-state index in [1.54, 1.807) is 20.3 Å². The fourth-order valence-corrected chi connectivity index (χ4v) is 4.84. The van der Waals surface area contributed by atoms with Crippen LogP contribution in [0.3, 0.4) is 0 Å². The molecule has 1 aliphatic rings. The lowest BCUT2D eigenvalue weighted by atomic mass is 10.2. The number of methoxy groups -OCH3 is 2. The predicted octanol–water partition coefficient (Wildman–Crippen LogP) is 4.23. The highest BCUT2D eigenvalue weighted by atomic mass is 32.1. The van der Waals surface area contributed by atoms with Crippen molar-refractivity contribution in [3.63, 3.8) is 0 Å². The van der Waals surface area contributed by atoms with Gasteiger partial charge < -0.3 is 14.4 Å². The number of piperazine rings is 1. The van der Waals surface area contributed by atoms with Crippen LogP contribution >= 0.6 is 11.3 Å². The molecule has 0 atom stereocenters. The summed E-state index contributed by atoms with van der Waals surface area (Å²) in [7, 11) is 3.19. The van der Waals surface area contributed by atoms with Gasteiger partial charge in [-0.05, 0) is 31.2 Å². The van der Waals surface area contributed by atoms with Crippen molar-refractivity contribution in [2.45, 2.75) is 13.5 Å². The van der Waals surface area contributed by atoms with Gasteiger partial charge in [-0.2, -0.15) is 0 Å². The van der Waals surface area contributed by atoms with Crippen molar-refractivity contribution in [2.75, 3.05) is 40.4 Å². The van der Waals surface area contributed by atoms with Crippen molar-refractivity contribution in [1.29, 1.82) is 0 Å². The summed E-state index contributed by atoms with van der Waals surface area (Å²) in [6.45, 7) is 5.05. The predicted molar refractivity (Wildman–Crippen MR) is 123 cm³/mol. The monoisotopic (exact) mass is 455 g/mol. The van der Waals surface area contributed by atoms with Crippen LogP contribution in [0.15, 0.2) is 42.5 Å². The Bertz CT molecular complexity index is 1110. The molecule has 1 amide bonds.